The van der Waals surface area contributed by atoms with Gasteiger partial charge < -0.3 is 10.3 Å². The molecule has 2 aromatic carbocycles. The van der Waals surface area contributed by atoms with Crippen LogP contribution in [0.5, 0.6) is 0 Å². The van der Waals surface area contributed by atoms with Crippen molar-refractivity contribution in [2.24, 2.45) is 0 Å². The summed E-state index contributed by atoms with van der Waals surface area (Å²) in [6, 6.07) is 13.6. The first-order valence-electron chi connectivity index (χ1n) is 8.34. The first-order valence-corrected chi connectivity index (χ1v) is 8.34. The van der Waals surface area contributed by atoms with Crippen molar-refractivity contribution in [1.29, 1.82) is 0 Å². The second kappa shape index (κ2) is 6.15. The lowest BCUT2D eigenvalue weighted by molar-refractivity contribution is -0.121. The van der Waals surface area contributed by atoms with Gasteiger partial charge in [-0.3, -0.25) is 14.4 Å². The van der Waals surface area contributed by atoms with Crippen LogP contribution in [0.2, 0.25) is 0 Å². The van der Waals surface area contributed by atoms with Crippen LogP contribution in [0.25, 0.3) is 10.9 Å². The quantitative estimate of drug-likeness (QED) is 0.561. The van der Waals surface area contributed by atoms with Crippen LogP contribution in [0, 0.1) is 0 Å². The summed E-state index contributed by atoms with van der Waals surface area (Å²) < 4.78 is 0. The van der Waals surface area contributed by atoms with E-state index in [9.17, 15) is 14.4 Å². The average molecular weight is 347 g/mol. The van der Waals surface area contributed by atoms with Crippen LogP contribution in [-0.4, -0.2) is 28.6 Å². The van der Waals surface area contributed by atoms with Gasteiger partial charge in [0.25, 0.3) is 5.91 Å². The Morgan fingerprint density at radius 3 is 2.62 bits per heavy atom. The topological polar surface area (TPSA) is 82.3 Å². The molecular formula is C20H17N3O3. The van der Waals surface area contributed by atoms with E-state index in [4.69, 9.17) is 0 Å². The second-order valence-electron chi connectivity index (χ2n) is 6.35. The largest absolute Gasteiger partial charge is 0.373 e. The van der Waals surface area contributed by atoms with Gasteiger partial charge in [-0.05, 0) is 54.8 Å². The number of fused-ring (bicyclic) bond motifs is 1. The summed E-state index contributed by atoms with van der Waals surface area (Å²) in [6.45, 7) is 1.47. The fraction of sp³-hybridized carbons (Fsp3) is 0.150. The van der Waals surface area contributed by atoms with Crippen molar-refractivity contribution in [1.82, 2.24) is 4.98 Å². The van der Waals surface area contributed by atoms with Crippen LogP contribution in [0.1, 0.15) is 23.7 Å². The number of imide groups is 1. The Balaban J connectivity index is 1.55. The van der Waals surface area contributed by atoms with Crippen LogP contribution in [0.15, 0.2) is 54.7 Å². The Kier molecular flexibility index (Phi) is 3.80. The Hall–Kier alpha value is -3.41. The third-order valence-corrected chi connectivity index (χ3v) is 4.57. The number of hydrogen-bond acceptors (Lipinski definition) is 4. The number of Topliss-reactive ketones (excluding diaryl/α,β-unsaturated/α-hetero) is 1. The third kappa shape index (κ3) is 2.75. The number of carbonyl (C=O) groups is 3. The van der Waals surface area contributed by atoms with Crippen molar-refractivity contribution in [3.63, 3.8) is 0 Å². The number of nitrogens with one attached hydrogen (secondary N) is 2. The molecule has 0 bridgehead atoms. The van der Waals surface area contributed by atoms with Crippen LogP contribution < -0.4 is 10.2 Å². The van der Waals surface area contributed by atoms with Crippen molar-refractivity contribution in [3.05, 3.63) is 60.3 Å². The number of nitrogens with zero attached hydrogens (tertiary/aromatic N) is 1. The van der Waals surface area contributed by atoms with Crippen molar-refractivity contribution in [3.8, 4) is 0 Å². The first kappa shape index (κ1) is 16.1. The highest BCUT2D eigenvalue weighted by Gasteiger charge is 2.39. The summed E-state index contributed by atoms with van der Waals surface area (Å²) in [5, 5.41) is 4.23. The van der Waals surface area contributed by atoms with E-state index in [2.05, 4.69) is 10.3 Å². The van der Waals surface area contributed by atoms with Crippen molar-refractivity contribution in [2.45, 2.75) is 19.4 Å². The van der Waals surface area contributed by atoms with Gasteiger partial charge in [-0.25, -0.2) is 4.90 Å². The van der Waals surface area contributed by atoms with Gasteiger partial charge in [-0.15, -0.1) is 0 Å². The average Bonchev–Trinajstić information content (AvgIpc) is 3.19. The standard InChI is InChI=1S/C20H17N3O3/c1-12(24)13-3-6-16(7-4-13)23-19(25)11-18(20(23)26)22-15-5-2-14-8-9-21-17(14)10-15/h2-10,18,21-22H,11H2,1H3. The molecule has 6 nitrogen and oxygen atoms in total. The molecule has 2 amide bonds. The molecule has 0 aliphatic carbocycles. The zero-order valence-corrected chi connectivity index (χ0v) is 14.2. The summed E-state index contributed by atoms with van der Waals surface area (Å²) in [5.41, 5.74) is 2.76. The van der Waals surface area contributed by atoms with E-state index >= 15 is 0 Å². The number of carbonyl (C=O) groups excluding carboxylic acids is 3. The predicted octanol–water partition coefficient (Wildman–Crippen LogP) is 3.11. The molecule has 0 saturated carbocycles. The molecule has 6 heteroatoms. The molecule has 1 unspecified atom stereocenters. The van der Waals surface area contributed by atoms with Crippen LogP contribution in [-0.2, 0) is 9.59 Å². The molecule has 1 saturated heterocycles. The van der Waals surface area contributed by atoms with Gasteiger partial charge in [0.2, 0.25) is 5.91 Å². The zero-order valence-electron chi connectivity index (χ0n) is 14.2. The normalized spacial score (nSPS) is 17.1. The van der Waals surface area contributed by atoms with E-state index in [1.54, 1.807) is 24.3 Å². The Morgan fingerprint density at radius 2 is 1.88 bits per heavy atom. The number of amides is 2. The fourth-order valence-corrected chi connectivity index (χ4v) is 3.20. The number of H-pyrrole nitrogens is 1. The maximum absolute atomic E-state index is 12.7. The summed E-state index contributed by atoms with van der Waals surface area (Å²) in [4.78, 5) is 40.8. The highest BCUT2D eigenvalue weighted by atomic mass is 16.2. The number of ketones is 1. The van der Waals surface area contributed by atoms with Crippen LogP contribution in [0.4, 0.5) is 11.4 Å². The zero-order chi connectivity index (χ0) is 18.3. The van der Waals surface area contributed by atoms with Crippen LogP contribution in [0.3, 0.4) is 0 Å². The number of anilines is 2. The molecule has 2 N–H and O–H groups in total. The molecule has 0 spiro atoms. The van der Waals surface area contributed by atoms with Gasteiger partial charge in [0.05, 0.1) is 12.1 Å². The summed E-state index contributed by atoms with van der Waals surface area (Å²) in [5.74, 6) is -0.615. The molecule has 1 aromatic heterocycles. The van der Waals surface area contributed by atoms with Gasteiger partial charge in [-0.1, -0.05) is 6.07 Å². The SMILES string of the molecule is CC(=O)c1ccc(N2C(=O)CC(Nc3ccc4cc[nH]c4c3)C2=O)cc1. The lowest BCUT2D eigenvalue weighted by atomic mass is 10.1. The molecule has 2 heterocycles. The minimum atomic E-state index is -0.609. The van der Waals surface area contributed by atoms with Gasteiger partial charge in [0.1, 0.15) is 6.04 Å². The van der Waals surface area contributed by atoms with Gasteiger partial charge >= 0.3 is 0 Å². The van der Waals surface area contributed by atoms with E-state index in [1.165, 1.54) is 11.8 Å². The molecule has 130 valence electrons. The lowest BCUT2D eigenvalue weighted by Gasteiger charge is -2.16. The van der Waals surface area contributed by atoms with E-state index in [-0.39, 0.29) is 24.0 Å². The number of hydrogen-bond donors (Lipinski definition) is 2. The van der Waals surface area contributed by atoms with Gasteiger partial charge in [0.15, 0.2) is 5.78 Å². The third-order valence-electron chi connectivity index (χ3n) is 4.57. The Morgan fingerprint density at radius 1 is 1.12 bits per heavy atom. The summed E-state index contributed by atoms with van der Waals surface area (Å²) >= 11 is 0. The van der Waals surface area contributed by atoms with E-state index in [0.29, 0.717) is 11.3 Å². The highest BCUT2D eigenvalue weighted by Crippen LogP contribution is 2.26. The fourth-order valence-electron chi connectivity index (χ4n) is 3.20. The number of aromatic amines is 1. The highest BCUT2D eigenvalue weighted by molar-refractivity contribution is 6.23. The molecule has 0 radical (unpaired) electrons. The molecule has 1 aliphatic rings. The number of aromatic nitrogens is 1. The van der Waals surface area contributed by atoms with E-state index < -0.39 is 6.04 Å². The Bertz CT molecular complexity index is 1020. The molecule has 1 fully saturated rings. The first-order chi connectivity index (χ1) is 12.5. The van der Waals surface area contributed by atoms with Crippen molar-refractivity contribution >= 4 is 39.9 Å². The molecule has 1 aliphatic heterocycles. The molecular weight excluding hydrogens is 330 g/mol. The molecule has 4 rings (SSSR count). The van der Waals surface area contributed by atoms with Crippen LogP contribution >= 0.6 is 0 Å². The molecule has 3 aromatic rings. The van der Waals surface area contributed by atoms with Crippen molar-refractivity contribution < 1.29 is 14.4 Å². The second-order valence-corrected chi connectivity index (χ2v) is 6.35. The smallest absolute Gasteiger partial charge is 0.256 e. The monoisotopic (exact) mass is 347 g/mol. The minimum Gasteiger partial charge on any atom is -0.373 e. The Labute approximate surface area is 149 Å². The van der Waals surface area contributed by atoms with Gasteiger partial charge in [-0.2, -0.15) is 0 Å². The molecule has 1 atom stereocenters. The maximum Gasteiger partial charge on any atom is 0.256 e. The van der Waals surface area contributed by atoms with Gasteiger partial charge in [0, 0.05) is 23.0 Å². The van der Waals surface area contributed by atoms with E-state index in [0.717, 1.165) is 16.6 Å². The molecule has 26 heavy (non-hydrogen) atoms. The predicted molar refractivity (Wildman–Crippen MR) is 99.3 cm³/mol. The van der Waals surface area contributed by atoms with Crippen molar-refractivity contribution in [2.75, 3.05) is 10.2 Å². The maximum atomic E-state index is 12.7. The van der Waals surface area contributed by atoms with E-state index in [1.807, 2.05) is 30.5 Å². The lowest BCUT2D eigenvalue weighted by Crippen LogP contribution is -2.34. The summed E-state index contributed by atoms with van der Waals surface area (Å²) in [7, 11) is 0. The summed E-state index contributed by atoms with van der Waals surface area (Å²) in [6.07, 6.45) is 1.95. The minimum absolute atomic E-state index is 0.0603. The number of rotatable bonds is 4. The number of benzene rings is 2.